The van der Waals surface area contributed by atoms with Crippen molar-refractivity contribution in [2.45, 2.75) is 64.5 Å². The Morgan fingerprint density at radius 2 is 1.87 bits per heavy atom. The fraction of sp³-hybridized carbons (Fsp3) is 0.448. The smallest absolute Gasteiger partial charge is 0.388 e. The lowest BCUT2D eigenvalue weighted by atomic mass is 9.80. The average Bonchev–Trinajstić information content (AvgIpc) is 3.26. The molecular formula is C29H33N7O3. The van der Waals surface area contributed by atoms with E-state index in [2.05, 4.69) is 33.1 Å². The van der Waals surface area contributed by atoms with Crippen molar-refractivity contribution in [2.75, 3.05) is 5.32 Å². The maximum absolute atomic E-state index is 13.7. The molecule has 39 heavy (non-hydrogen) atoms. The Morgan fingerprint density at radius 3 is 2.49 bits per heavy atom. The number of benzene rings is 1. The largest absolute Gasteiger partial charge is 0.411 e. The molecule has 0 spiro atoms. The molecule has 1 aromatic carbocycles. The fourth-order valence-electron chi connectivity index (χ4n) is 5.50. The zero-order valence-corrected chi connectivity index (χ0v) is 22.0. The lowest BCUT2D eigenvalue weighted by Gasteiger charge is -2.32. The van der Waals surface area contributed by atoms with Crippen LogP contribution in [0.15, 0.2) is 30.3 Å². The molecule has 10 nitrogen and oxygen atoms in total. The summed E-state index contributed by atoms with van der Waals surface area (Å²) >= 11 is 0. The van der Waals surface area contributed by atoms with Crippen molar-refractivity contribution in [3.63, 3.8) is 0 Å². The van der Waals surface area contributed by atoms with Gasteiger partial charge in [0.1, 0.15) is 5.52 Å². The van der Waals surface area contributed by atoms with Crippen LogP contribution < -0.4 is 11.1 Å². The van der Waals surface area contributed by atoms with Crippen LogP contribution in [0.1, 0.15) is 73.9 Å². The number of nitrogens with zero attached hydrogens (tertiary/aromatic N) is 4. The number of carbonyl (C=O) groups excluding carboxylic acids is 2. The molecule has 0 radical (unpaired) electrons. The molecule has 1 atom stereocenters. The second-order valence-corrected chi connectivity index (χ2v) is 10.6. The molecule has 2 saturated carbocycles. The molecule has 5 rings (SSSR count). The van der Waals surface area contributed by atoms with E-state index in [1.165, 1.54) is 6.42 Å². The number of ketones is 1. The van der Waals surface area contributed by atoms with Gasteiger partial charge in [-0.2, -0.15) is 0 Å². The minimum atomic E-state index is -1.13. The van der Waals surface area contributed by atoms with Crippen molar-refractivity contribution < 1.29 is 14.3 Å². The Bertz CT molecular complexity index is 1430. The minimum absolute atomic E-state index is 0.0960. The number of imidazole rings is 1. The number of ether oxygens (including phenoxy) is 1. The number of fused-ring (bicyclic) bond motifs is 1. The molecule has 10 heteroatoms. The van der Waals surface area contributed by atoms with Gasteiger partial charge < -0.3 is 20.4 Å². The van der Waals surface area contributed by atoms with Gasteiger partial charge in [0.05, 0.1) is 0 Å². The zero-order valence-electron chi connectivity index (χ0n) is 22.0. The number of hydrogen-bond donors (Lipinski definition) is 3. The topological polar surface area (TPSA) is 149 Å². The molecule has 3 aromatic rings. The van der Waals surface area contributed by atoms with Crippen LogP contribution in [-0.4, -0.2) is 43.3 Å². The first kappa shape index (κ1) is 26.4. The van der Waals surface area contributed by atoms with Crippen LogP contribution in [0.3, 0.4) is 0 Å². The second-order valence-electron chi connectivity index (χ2n) is 10.6. The summed E-state index contributed by atoms with van der Waals surface area (Å²) in [4.78, 5) is 38.7. The Labute approximate surface area is 227 Å². The van der Waals surface area contributed by atoms with E-state index in [0.717, 1.165) is 38.5 Å². The number of nitrogens with two attached hydrogens (primary N) is 1. The van der Waals surface area contributed by atoms with Crippen molar-refractivity contribution in [1.82, 2.24) is 19.5 Å². The van der Waals surface area contributed by atoms with Crippen LogP contribution in [0.4, 0.5) is 10.6 Å². The first-order chi connectivity index (χ1) is 18.8. The van der Waals surface area contributed by atoms with Crippen LogP contribution >= 0.6 is 0 Å². The maximum Gasteiger partial charge on any atom is 0.411 e. The van der Waals surface area contributed by atoms with Gasteiger partial charge in [0.25, 0.3) is 5.90 Å². The molecule has 2 aromatic heterocycles. The lowest BCUT2D eigenvalue weighted by Crippen LogP contribution is -2.32. The number of amides is 1. The van der Waals surface area contributed by atoms with Crippen LogP contribution in [0.25, 0.3) is 11.2 Å². The van der Waals surface area contributed by atoms with E-state index >= 15 is 0 Å². The van der Waals surface area contributed by atoms with Gasteiger partial charge in [0, 0.05) is 24.1 Å². The molecule has 1 amide bonds. The van der Waals surface area contributed by atoms with Crippen molar-refractivity contribution in [3.05, 3.63) is 47.5 Å². The third-order valence-electron chi connectivity index (χ3n) is 7.99. The molecular weight excluding hydrogens is 494 g/mol. The number of primary amides is 1. The third-order valence-corrected chi connectivity index (χ3v) is 7.99. The fourth-order valence-corrected chi connectivity index (χ4v) is 5.50. The summed E-state index contributed by atoms with van der Waals surface area (Å²) in [6, 6.07) is 9.10. The summed E-state index contributed by atoms with van der Waals surface area (Å²) in [6.07, 6.45) is 11.8. The first-order valence-electron chi connectivity index (χ1n) is 13.5. The number of terminal acetylenes is 1. The SMILES string of the molecule is C#CC1CCC(Cn2c(C(=O)c3ccccc3)nc3nc(C(=N)OC(N)=O)nc(NC(C)C4CCC4)c32)CC1. The second kappa shape index (κ2) is 11.2. The number of aromatic nitrogens is 4. The molecule has 0 saturated heterocycles. The molecule has 202 valence electrons. The van der Waals surface area contributed by atoms with E-state index in [1.54, 1.807) is 12.1 Å². The van der Waals surface area contributed by atoms with E-state index in [9.17, 15) is 9.59 Å². The number of carbonyl (C=O) groups is 2. The quantitative estimate of drug-likeness (QED) is 0.169. The Hall–Kier alpha value is -4.26. The molecule has 2 aliphatic rings. The Morgan fingerprint density at radius 1 is 1.15 bits per heavy atom. The maximum atomic E-state index is 13.7. The van der Waals surface area contributed by atoms with Crippen molar-refractivity contribution >= 4 is 34.8 Å². The summed E-state index contributed by atoms with van der Waals surface area (Å²) in [7, 11) is 0. The zero-order chi connectivity index (χ0) is 27.5. The number of anilines is 1. The van der Waals surface area contributed by atoms with E-state index < -0.39 is 12.0 Å². The molecule has 4 N–H and O–H groups in total. The standard InChI is InChI=1S/C29H33N7O3/c1-3-18-12-14-19(15-13-18)16-36-22-25(32-17(2)20-10-7-11-20)33-27(24(30)39-29(31)38)34-26(22)35-28(36)23(37)21-8-5-4-6-9-21/h1,4-6,8-9,17-20,30H,7,10-16H2,2H3,(H2,31,38)(H,32,33,34). The van der Waals surface area contributed by atoms with Gasteiger partial charge >= 0.3 is 6.09 Å². The van der Waals surface area contributed by atoms with Gasteiger partial charge in [-0.05, 0) is 57.3 Å². The number of nitrogens with one attached hydrogen (secondary N) is 2. The van der Waals surface area contributed by atoms with Crippen LogP contribution in [-0.2, 0) is 11.3 Å². The van der Waals surface area contributed by atoms with E-state index in [4.69, 9.17) is 22.3 Å². The lowest BCUT2D eigenvalue weighted by molar-refractivity contribution is 0.102. The predicted octanol–water partition coefficient (Wildman–Crippen LogP) is 4.52. The van der Waals surface area contributed by atoms with E-state index in [-0.39, 0.29) is 35.0 Å². The monoisotopic (exact) mass is 527 g/mol. The Kier molecular flexibility index (Phi) is 7.59. The van der Waals surface area contributed by atoms with Crippen molar-refractivity contribution in [2.24, 2.45) is 23.5 Å². The molecule has 1 unspecified atom stereocenters. The van der Waals surface area contributed by atoms with Crippen LogP contribution in [0.5, 0.6) is 0 Å². The normalized spacial score (nSPS) is 20.0. The summed E-state index contributed by atoms with van der Waals surface area (Å²) in [5.74, 6) is 3.71. The third kappa shape index (κ3) is 5.62. The van der Waals surface area contributed by atoms with Gasteiger partial charge in [-0.3, -0.25) is 10.2 Å². The molecule has 2 fully saturated rings. The average molecular weight is 528 g/mol. The summed E-state index contributed by atoms with van der Waals surface area (Å²) in [5.41, 5.74) is 6.49. The highest BCUT2D eigenvalue weighted by Gasteiger charge is 2.30. The molecule has 0 bridgehead atoms. The highest BCUT2D eigenvalue weighted by atomic mass is 16.6. The first-order valence-corrected chi connectivity index (χ1v) is 13.5. The predicted molar refractivity (Wildman–Crippen MR) is 147 cm³/mol. The van der Waals surface area contributed by atoms with Gasteiger partial charge in [-0.1, -0.05) is 36.8 Å². The highest BCUT2D eigenvalue weighted by Crippen LogP contribution is 2.34. The molecule has 2 aliphatic carbocycles. The van der Waals surface area contributed by atoms with Gasteiger partial charge in [0.2, 0.25) is 11.6 Å². The number of rotatable bonds is 8. The van der Waals surface area contributed by atoms with Crippen molar-refractivity contribution in [1.29, 1.82) is 5.41 Å². The summed E-state index contributed by atoms with van der Waals surface area (Å²) < 4.78 is 6.69. The van der Waals surface area contributed by atoms with E-state index in [0.29, 0.717) is 35.3 Å². The van der Waals surface area contributed by atoms with Crippen LogP contribution in [0, 0.1) is 35.5 Å². The van der Waals surface area contributed by atoms with Crippen molar-refractivity contribution in [3.8, 4) is 12.3 Å². The van der Waals surface area contributed by atoms with Crippen LogP contribution in [0.2, 0.25) is 0 Å². The molecule has 0 aliphatic heterocycles. The Balaban J connectivity index is 1.63. The van der Waals surface area contributed by atoms with E-state index in [1.807, 2.05) is 22.8 Å². The van der Waals surface area contributed by atoms with Gasteiger partial charge in [-0.15, -0.1) is 12.3 Å². The van der Waals surface area contributed by atoms with Gasteiger partial charge in [-0.25, -0.2) is 19.7 Å². The number of hydrogen-bond acceptors (Lipinski definition) is 8. The minimum Gasteiger partial charge on any atom is -0.388 e. The summed E-state index contributed by atoms with van der Waals surface area (Å²) in [6.45, 7) is 2.66. The highest BCUT2D eigenvalue weighted by molar-refractivity contribution is 6.09. The van der Waals surface area contributed by atoms with Gasteiger partial charge in [0.15, 0.2) is 17.3 Å². The molecule has 2 heterocycles. The summed E-state index contributed by atoms with van der Waals surface area (Å²) in [5, 5.41) is 11.7.